The van der Waals surface area contributed by atoms with Gasteiger partial charge >= 0.3 is 0 Å². The van der Waals surface area contributed by atoms with Crippen LogP contribution in [0.25, 0.3) is 10.8 Å². The molecule has 1 unspecified atom stereocenters. The Morgan fingerprint density at radius 2 is 2.26 bits per heavy atom. The maximum atomic E-state index is 12.7. The van der Waals surface area contributed by atoms with Gasteiger partial charge in [-0.05, 0) is 44.6 Å². The summed E-state index contributed by atoms with van der Waals surface area (Å²) in [5.74, 6) is 2.23. The van der Waals surface area contributed by atoms with Gasteiger partial charge in [-0.25, -0.2) is 0 Å². The largest absolute Gasteiger partial charge is 0.420 e. The number of rotatable bonds is 5. The minimum Gasteiger partial charge on any atom is -0.420 e. The van der Waals surface area contributed by atoms with Crippen molar-refractivity contribution in [1.82, 2.24) is 20.3 Å². The molecule has 0 aromatic carbocycles. The molecule has 0 saturated carbocycles. The Bertz CT molecular complexity index is 896. The van der Waals surface area contributed by atoms with Crippen molar-refractivity contribution in [3.63, 3.8) is 0 Å². The fourth-order valence-corrected chi connectivity index (χ4v) is 4.20. The van der Waals surface area contributed by atoms with Gasteiger partial charge in [0.2, 0.25) is 11.8 Å². The first-order chi connectivity index (χ1) is 13.1. The summed E-state index contributed by atoms with van der Waals surface area (Å²) < 4.78 is 11.1. The summed E-state index contributed by atoms with van der Waals surface area (Å²) in [5, 5.41) is 14.3. The van der Waals surface area contributed by atoms with E-state index in [1.807, 2.05) is 36.3 Å². The molecule has 8 heteroatoms. The fraction of sp³-hybridized carbons (Fsp3) is 0.474. The SMILES string of the molecule is Cc1noc(C)c1CCC(=O)N1CCCC(c2nnc(-c3cccs3)o2)C1. The van der Waals surface area contributed by atoms with Gasteiger partial charge in [-0.15, -0.1) is 21.5 Å². The van der Waals surface area contributed by atoms with Gasteiger partial charge in [-0.1, -0.05) is 11.2 Å². The first kappa shape index (κ1) is 17.9. The van der Waals surface area contributed by atoms with Crippen molar-refractivity contribution in [2.75, 3.05) is 13.1 Å². The highest BCUT2D eigenvalue weighted by Crippen LogP contribution is 2.30. The van der Waals surface area contributed by atoms with E-state index in [1.165, 1.54) is 0 Å². The van der Waals surface area contributed by atoms with E-state index in [0.29, 0.717) is 31.2 Å². The molecule has 0 radical (unpaired) electrons. The summed E-state index contributed by atoms with van der Waals surface area (Å²) in [7, 11) is 0. The Labute approximate surface area is 161 Å². The number of carbonyl (C=O) groups is 1. The van der Waals surface area contributed by atoms with Crippen LogP contribution in [0, 0.1) is 13.8 Å². The van der Waals surface area contributed by atoms with Gasteiger partial charge in [0.25, 0.3) is 5.89 Å². The molecule has 1 aliphatic rings. The van der Waals surface area contributed by atoms with Crippen LogP contribution in [0.5, 0.6) is 0 Å². The van der Waals surface area contributed by atoms with Gasteiger partial charge in [0, 0.05) is 25.1 Å². The summed E-state index contributed by atoms with van der Waals surface area (Å²) in [6.45, 7) is 5.21. The average Bonchev–Trinajstić information content (AvgIpc) is 3.42. The van der Waals surface area contributed by atoms with Crippen molar-refractivity contribution in [3.05, 3.63) is 40.4 Å². The Hall–Kier alpha value is -2.48. The number of amides is 1. The van der Waals surface area contributed by atoms with Crippen molar-refractivity contribution in [2.45, 2.75) is 45.4 Å². The predicted molar refractivity (Wildman–Crippen MR) is 100 cm³/mol. The highest BCUT2D eigenvalue weighted by atomic mass is 32.1. The Kier molecular flexibility index (Phi) is 5.07. The van der Waals surface area contributed by atoms with E-state index in [4.69, 9.17) is 8.94 Å². The Balaban J connectivity index is 1.38. The zero-order chi connectivity index (χ0) is 18.8. The maximum absolute atomic E-state index is 12.7. The summed E-state index contributed by atoms with van der Waals surface area (Å²) in [5.41, 5.74) is 1.90. The lowest BCUT2D eigenvalue weighted by molar-refractivity contribution is -0.132. The fourth-order valence-electron chi connectivity index (χ4n) is 3.55. The van der Waals surface area contributed by atoms with Crippen molar-refractivity contribution in [1.29, 1.82) is 0 Å². The zero-order valence-corrected chi connectivity index (χ0v) is 16.3. The number of hydrogen-bond donors (Lipinski definition) is 0. The van der Waals surface area contributed by atoms with Crippen LogP contribution in [0.4, 0.5) is 0 Å². The molecule has 1 fully saturated rings. The topological polar surface area (TPSA) is 85.3 Å². The van der Waals surface area contributed by atoms with Gasteiger partial charge in [-0.3, -0.25) is 4.79 Å². The third kappa shape index (κ3) is 3.80. The quantitative estimate of drug-likeness (QED) is 0.664. The van der Waals surface area contributed by atoms with E-state index in [1.54, 1.807) is 11.3 Å². The first-order valence-corrected chi connectivity index (χ1v) is 10.1. The van der Waals surface area contributed by atoms with Crippen LogP contribution in [0.3, 0.4) is 0 Å². The van der Waals surface area contributed by atoms with Crippen LogP contribution in [-0.4, -0.2) is 39.3 Å². The first-order valence-electron chi connectivity index (χ1n) is 9.18. The predicted octanol–water partition coefficient (Wildman–Crippen LogP) is 3.74. The number of likely N-dealkylation sites (tertiary alicyclic amines) is 1. The molecule has 1 saturated heterocycles. The van der Waals surface area contributed by atoms with Crippen LogP contribution in [0.2, 0.25) is 0 Å². The van der Waals surface area contributed by atoms with Gasteiger partial charge < -0.3 is 13.8 Å². The molecule has 1 atom stereocenters. The second-order valence-corrected chi connectivity index (χ2v) is 7.85. The zero-order valence-electron chi connectivity index (χ0n) is 15.5. The standard InChI is InChI=1S/C19H22N4O3S/c1-12-15(13(2)26-22-12)7-8-17(24)23-9-3-5-14(11-23)18-20-21-19(25-18)16-6-4-10-27-16/h4,6,10,14H,3,5,7-9,11H2,1-2H3. The molecule has 3 aromatic heterocycles. The number of aryl methyl sites for hydroxylation is 2. The van der Waals surface area contributed by atoms with Crippen LogP contribution < -0.4 is 0 Å². The maximum Gasteiger partial charge on any atom is 0.257 e. The third-order valence-electron chi connectivity index (χ3n) is 5.07. The van der Waals surface area contributed by atoms with Crippen molar-refractivity contribution in [2.24, 2.45) is 0 Å². The van der Waals surface area contributed by atoms with E-state index < -0.39 is 0 Å². The third-order valence-corrected chi connectivity index (χ3v) is 5.92. The van der Waals surface area contributed by atoms with E-state index in [9.17, 15) is 4.79 Å². The molecule has 142 valence electrons. The molecule has 4 rings (SSSR count). The van der Waals surface area contributed by atoms with E-state index in [0.717, 1.165) is 41.3 Å². The molecule has 0 bridgehead atoms. The Morgan fingerprint density at radius 1 is 1.37 bits per heavy atom. The van der Waals surface area contributed by atoms with Crippen LogP contribution in [-0.2, 0) is 11.2 Å². The lowest BCUT2D eigenvalue weighted by Crippen LogP contribution is -2.39. The normalized spacial score (nSPS) is 17.4. The summed E-state index contributed by atoms with van der Waals surface area (Å²) in [6, 6.07) is 3.93. The lowest BCUT2D eigenvalue weighted by Gasteiger charge is -2.31. The van der Waals surface area contributed by atoms with Gasteiger partial charge in [0.1, 0.15) is 5.76 Å². The minimum atomic E-state index is 0.1000. The summed E-state index contributed by atoms with van der Waals surface area (Å²) >= 11 is 1.58. The summed E-state index contributed by atoms with van der Waals surface area (Å²) in [4.78, 5) is 15.6. The van der Waals surface area contributed by atoms with E-state index in [-0.39, 0.29) is 11.8 Å². The highest BCUT2D eigenvalue weighted by Gasteiger charge is 2.28. The lowest BCUT2D eigenvalue weighted by atomic mass is 9.97. The number of carbonyl (C=O) groups excluding carboxylic acids is 1. The number of aromatic nitrogens is 3. The van der Waals surface area contributed by atoms with Crippen LogP contribution >= 0.6 is 11.3 Å². The monoisotopic (exact) mass is 386 g/mol. The number of piperidine rings is 1. The minimum absolute atomic E-state index is 0.1000. The average molecular weight is 386 g/mol. The second-order valence-electron chi connectivity index (χ2n) is 6.90. The van der Waals surface area contributed by atoms with Gasteiger partial charge in [-0.2, -0.15) is 0 Å². The summed E-state index contributed by atoms with van der Waals surface area (Å²) in [6.07, 6.45) is 3.02. The van der Waals surface area contributed by atoms with Crippen molar-refractivity contribution < 1.29 is 13.7 Å². The molecule has 0 spiro atoms. The van der Waals surface area contributed by atoms with Gasteiger partial charge in [0.05, 0.1) is 16.5 Å². The molecule has 4 heterocycles. The second kappa shape index (κ2) is 7.64. The van der Waals surface area contributed by atoms with Crippen LogP contribution in [0.15, 0.2) is 26.5 Å². The highest BCUT2D eigenvalue weighted by molar-refractivity contribution is 7.13. The number of hydrogen-bond acceptors (Lipinski definition) is 7. The molecular weight excluding hydrogens is 364 g/mol. The smallest absolute Gasteiger partial charge is 0.257 e. The molecule has 0 N–H and O–H groups in total. The van der Waals surface area contributed by atoms with Crippen molar-refractivity contribution in [3.8, 4) is 10.8 Å². The molecule has 1 aliphatic heterocycles. The van der Waals surface area contributed by atoms with E-state index in [2.05, 4.69) is 15.4 Å². The molecule has 27 heavy (non-hydrogen) atoms. The molecule has 0 aliphatic carbocycles. The number of thiophene rings is 1. The molecular formula is C19H22N4O3S. The van der Waals surface area contributed by atoms with Crippen molar-refractivity contribution >= 4 is 17.2 Å². The molecule has 3 aromatic rings. The van der Waals surface area contributed by atoms with Gasteiger partial charge in [0.15, 0.2) is 0 Å². The molecule has 1 amide bonds. The van der Waals surface area contributed by atoms with Crippen LogP contribution in [0.1, 0.15) is 48.1 Å². The Morgan fingerprint density at radius 3 is 3.00 bits per heavy atom. The number of nitrogens with zero attached hydrogens (tertiary/aromatic N) is 4. The van der Waals surface area contributed by atoms with E-state index >= 15 is 0 Å². The molecule has 7 nitrogen and oxygen atoms in total.